The average molecular weight is 650 g/mol. The number of nitrogens with zero attached hydrogens (tertiary/aromatic N) is 6. The van der Waals surface area contributed by atoms with Crippen LogP contribution in [0.25, 0.3) is 46.4 Å². The van der Waals surface area contributed by atoms with Crippen molar-refractivity contribution in [3.63, 3.8) is 0 Å². The van der Waals surface area contributed by atoms with Crippen LogP contribution in [0.5, 0.6) is 0 Å². The predicted octanol–water partition coefficient (Wildman–Crippen LogP) is 4.97. The zero-order chi connectivity index (χ0) is 31.8. The molecule has 0 aliphatic carbocycles. The number of carbonyl (C=O) groups is 3. The van der Waals surface area contributed by atoms with E-state index in [4.69, 9.17) is 19.4 Å². The van der Waals surface area contributed by atoms with Gasteiger partial charge < -0.3 is 24.3 Å². The van der Waals surface area contributed by atoms with Crippen molar-refractivity contribution in [1.29, 1.82) is 0 Å². The van der Waals surface area contributed by atoms with Gasteiger partial charge in [0.25, 0.3) is 5.91 Å². The molecule has 8 bridgehead atoms. The smallest absolute Gasteiger partial charge is 0.657 e. The molecule has 3 aromatic rings. The van der Waals surface area contributed by atoms with Gasteiger partial charge in [-0.25, -0.2) is 19.6 Å². The standard InChI is InChI=1S/C32H31N6O6.Mn/c1-7-43-30(40)26-19-11-9-17(33-19)25(29(39)38(5)6)18-10-12-20(34-18)27(31(41)44-8-2)22-14-16-24(36-22)28(32(3,4)37-42)23-15-13-21(26)35-23;/h9-16H,7-8H2,1-6H3,(H-,33,34,35,36,39,40,41);/q-1;+3/p-1. The Morgan fingerprint density at radius 3 is 1.60 bits per heavy atom. The third-order valence-corrected chi connectivity index (χ3v) is 7.03. The number of hydrogen-bond donors (Lipinski definition) is 0. The molecule has 2 aliphatic heterocycles. The summed E-state index contributed by atoms with van der Waals surface area (Å²) in [6, 6.07) is 6.48. The Morgan fingerprint density at radius 1 is 0.733 bits per heavy atom. The third-order valence-electron chi connectivity index (χ3n) is 7.03. The first-order chi connectivity index (χ1) is 21.0. The first-order valence-electron chi connectivity index (χ1n) is 14.0. The van der Waals surface area contributed by atoms with Crippen LogP contribution in [0.2, 0.25) is 0 Å². The molecule has 13 heteroatoms. The molecule has 2 aliphatic rings. The summed E-state index contributed by atoms with van der Waals surface area (Å²) in [5.74, 6) is -1.70. The number of carbonyl (C=O) groups excluding carboxylic acids is 3. The Labute approximate surface area is 269 Å². The fourth-order valence-corrected chi connectivity index (χ4v) is 5.03. The number of esters is 2. The van der Waals surface area contributed by atoms with Gasteiger partial charge in [0.15, 0.2) is 0 Å². The van der Waals surface area contributed by atoms with Crippen LogP contribution in [0.4, 0.5) is 0 Å². The normalized spacial score (nSPS) is 12.0. The van der Waals surface area contributed by atoms with E-state index in [9.17, 15) is 19.3 Å². The van der Waals surface area contributed by atoms with E-state index in [2.05, 4.69) is 15.1 Å². The van der Waals surface area contributed by atoms with E-state index in [1.165, 1.54) is 4.90 Å². The van der Waals surface area contributed by atoms with Gasteiger partial charge in [0.1, 0.15) is 5.54 Å². The van der Waals surface area contributed by atoms with Crippen LogP contribution in [0, 0.1) is 4.91 Å². The molecule has 0 radical (unpaired) electrons. The Hall–Kier alpha value is -4.87. The fourth-order valence-electron chi connectivity index (χ4n) is 5.03. The van der Waals surface area contributed by atoms with E-state index in [0.29, 0.717) is 16.8 Å². The number of hydrogen-bond acceptors (Lipinski definition) is 9. The zero-order valence-corrected chi connectivity index (χ0v) is 26.7. The molecule has 0 aromatic carbocycles. The molecule has 3 aromatic heterocycles. The summed E-state index contributed by atoms with van der Waals surface area (Å²) >= 11 is 0. The monoisotopic (exact) mass is 649 g/mol. The van der Waals surface area contributed by atoms with Crippen LogP contribution in [0.15, 0.2) is 29.4 Å². The fraction of sp³-hybridized carbons (Fsp3) is 0.281. The van der Waals surface area contributed by atoms with E-state index in [1.807, 2.05) is 0 Å². The summed E-state index contributed by atoms with van der Waals surface area (Å²) in [5, 5.41) is 3.34. The summed E-state index contributed by atoms with van der Waals surface area (Å²) in [6.45, 7) is 6.84. The number of rotatable bonds is 7. The molecule has 5 heterocycles. The molecular formula is C32H30MnN6O6+. The van der Waals surface area contributed by atoms with Crippen molar-refractivity contribution < 1.29 is 40.9 Å². The van der Waals surface area contributed by atoms with Gasteiger partial charge in [-0.15, -0.1) is 27.0 Å². The average Bonchev–Trinajstić information content (AvgIpc) is 3.79. The topological polar surface area (TPSA) is 156 Å². The van der Waals surface area contributed by atoms with Crippen molar-refractivity contribution in [2.75, 3.05) is 27.3 Å². The molecule has 0 saturated heterocycles. The van der Waals surface area contributed by atoms with Crippen LogP contribution in [-0.4, -0.2) is 60.0 Å². The predicted molar refractivity (Wildman–Crippen MR) is 166 cm³/mol. The van der Waals surface area contributed by atoms with Gasteiger partial charge in [0.05, 0.1) is 52.7 Å². The first-order valence-corrected chi connectivity index (χ1v) is 14.0. The van der Waals surface area contributed by atoms with Crippen molar-refractivity contribution in [1.82, 2.24) is 24.8 Å². The van der Waals surface area contributed by atoms with Crippen molar-refractivity contribution in [2.45, 2.75) is 33.2 Å². The third kappa shape index (κ3) is 6.09. The molecule has 0 spiro atoms. The largest absolute Gasteiger partial charge is 3.00 e. The summed E-state index contributed by atoms with van der Waals surface area (Å²) in [5.41, 5.74) is 1.55. The van der Waals surface area contributed by atoms with Gasteiger partial charge in [-0.1, -0.05) is 29.4 Å². The molecule has 5 rings (SSSR count). The van der Waals surface area contributed by atoms with Crippen LogP contribution in [0.3, 0.4) is 0 Å². The maximum Gasteiger partial charge on any atom is 3.00 e. The minimum absolute atomic E-state index is 0. The second-order valence-corrected chi connectivity index (χ2v) is 10.7. The second kappa shape index (κ2) is 13.0. The van der Waals surface area contributed by atoms with Crippen molar-refractivity contribution in [2.24, 2.45) is 5.18 Å². The maximum atomic E-state index is 13.5. The van der Waals surface area contributed by atoms with Crippen molar-refractivity contribution >= 4 is 64.2 Å². The van der Waals surface area contributed by atoms with Crippen molar-refractivity contribution in [3.8, 4) is 0 Å². The molecule has 0 fully saturated rings. The van der Waals surface area contributed by atoms with Crippen LogP contribution < -0.4 is 9.97 Å². The Balaban J connectivity index is 0.00000461. The minimum atomic E-state index is -1.30. The number of aromatic nitrogens is 4. The van der Waals surface area contributed by atoms with E-state index >= 15 is 0 Å². The molecular weight excluding hydrogens is 619 g/mol. The van der Waals surface area contributed by atoms with Crippen LogP contribution >= 0.6 is 0 Å². The molecule has 45 heavy (non-hydrogen) atoms. The molecule has 0 atom stereocenters. The van der Waals surface area contributed by atoms with Crippen molar-refractivity contribution in [3.05, 3.63) is 74.2 Å². The maximum absolute atomic E-state index is 13.5. The quantitative estimate of drug-likeness (QED) is 0.134. The molecule has 0 unspecified atom stereocenters. The SMILES string of the molecule is CCOC(=O)c1c2nc(c(C(C)(C)N=O)c3ccc([n-]3)c(C(=O)OCC)c3nc(c(C(=O)N(C)C)c4ccc1[n-]4)C=C3)C=C2.[Mn+3]. The summed E-state index contributed by atoms with van der Waals surface area (Å²) in [7, 11) is 3.20. The van der Waals surface area contributed by atoms with Gasteiger partial charge in [-0.3, -0.25) is 4.79 Å². The molecule has 1 amide bonds. The van der Waals surface area contributed by atoms with Gasteiger partial charge >= 0.3 is 29.0 Å². The number of amides is 1. The number of ether oxygens (including phenoxy) is 2. The van der Waals surface area contributed by atoms with E-state index in [0.717, 1.165) is 0 Å². The Bertz CT molecular complexity index is 1920. The van der Waals surface area contributed by atoms with E-state index in [1.54, 1.807) is 90.4 Å². The van der Waals surface area contributed by atoms with Gasteiger partial charge in [-0.05, 0) is 57.6 Å². The summed E-state index contributed by atoms with van der Waals surface area (Å²) < 4.78 is 10.7. The Kier molecular flexibility index (Phi) is 9.55. The number of fused-ring (bicyclic) bond motifs is 8. The van der Waals surface area contributed by atoms with Gasteiger partial charge in [0.2, 0.25) is 0 Å². The van der Waals surface area contributed by atoms with Gasteiger partial charge in [-0.2, -0.15) is 0 Å². The molecule has 0 N–H and O–H groups in total. The number of nitroso groups, excluding NO2 is 1. The molecule has 0 saturated carbocycles. The summed E-state index contributed by atoms with van der Waals surface area (Å²) in [4.78, 5) is 72.3. The summed E-state index contributed by atoms with van der Waals surface area (Å²) in [6.07, 6.45) is 6.48. The van der Waals surface area contributed by atoms with Crippen LogP contribution in [-0.2, 0) is 32.1 Å². The zero-order valence-electron chi connectivity index (χ0n) is 25.5. The van der Waals surface area contributed by atoms with Gasteiger partial charge in [0, 0.05) is 14.1 Å². The minimum Gasteiger partial charge on any atom is -0.657 e. The first kappa shape index (κ1) is 33.0. The molecule has 12 nitrogen and oxygen atoms in total. The van der Waals surface area contributed by atoms with E-state index < -0.39 is 17.5 Å². The second-order valence-electron chi connectivity index (χ2n) is 10.7. The molecule has 230 valence electrons. The Morgan fingerprint density at radius 2 is 1.13 bits per heavy atom. The van der Waals surface area contributed by atoms with Crippen LogP contribution in [0.1, 0.15) is 87.1 Å². The van der Waals surface area contributed by atoms with E-state index in [-0.39, 0.29) is 86.5 Å².